The van der Waals surface area contributed by atoms with Gasteiger partial charge >= 0.3 is 11.8 Å². The molecule has 0 fully saturated rings. The van der Waals surface area contributed by atoms with Crippen molar-refractivity contribution in [1.82, 2.24) is 0 Å². The minimum absolute atomic E-state index is 0.0753. The molecule has 0 radical (unpaired) electrons. The molecule has 0 unspecified atom stereocenters. The van der Waals surface area contributed by atoms with Crippen LogP contribution in [0, 0.1) is 0 Å². The zero-order valence-electron chi connectivity index (χ0n) is 8.31. The van der Waals surface area contributed by atoms with Crippen LogP contribution < -0.4 is 4.57 Å². The average molecular weight is 202 g/mol. The molecule has 0 bridgehead atoms. The van der Waals surface area contributed by atoms with Crippen LogP contribution >= 0.6 is 0 Å². The van der Waals surface area contributed by atoms with E-state index in [4.69, 9.17) is 4.42 Å². The monoisotopic (exact) mass is 202 g/mol. The maximum Gasteiger partial charge on any atom is 0.383 e. The molecule has 0 aliphatic carbocycles. The van der Waals surface area contributed by atoms with Gasteiger partial charge in [0, 0.05) is 12.8 Å². The molecule has 0 saturated heterocycles. The second-order valence-electron chi connectivity index (χ2n) is 3.78. The Morgan fingerprint density at radius 3 is 2.80 bits per heavy atom. The van der Waals surface area contributed by atoms with E-state index in [1.54, 1.807) is 0 Å². The Bertz CT molecular complexity index is 488. The molecule has 2 aromatic rings. The third-order valence-electron chi connectivity index (χ3n) is 2.83. The van der Waals surface area contributed by atoms with E-state index in [9.17, 15) is 5.11 Å². The summed E-state index contributed by atoms with van der Waals surface area (Å²) in [6.45, 7) is 0.934. The van der Waals surface area contributed by atoms with E-state index < -0.39 is 0 Å². The average Bonchev–Trinajstić information content (AvgIpc) is 2.84. The number of rotatable bonds is 1. The maximum atomic E-state index is 9.63. The van der Waals surface area contributed by atoms with E-state index in [0.717, 1.165) is 36.5 Å². The third-order valence-corrected chi connectivity index (χ3v) is 2.83. The molecule has 1 aromatic carbocycles. The van der Waals surface area contributed by atoms with Gasteiger partial charge in [-0.05, 0) is 12.1 Å². The Labute approximate surface area is 87.6 Å². The summed E-state index contributed by atoms with van der Waals surface area (Å²) in [6, 6.07) is 9.89. The van der Waals surface area contributed by atoms with Crippen LogP contribution in [0.1, 0.15) is 12.1 Å². The number of nitrogens with zero attached hydrogens (tertiary/aromatic N) is 1. The standard InChI is InChI=1S/C12H11NO2/c14-12-10-7-4-8-13(10)11(15-12)9-5-2-1-3-6-9/h1-3,5-6H,4,7-8H2/p+1. The first-order valence-electron chi connectivity index (χ1n) is 5.16. The lowest BCUT2D eigenvalue weighted by Crippen LogP contribution is -2.32. The second kappa shape index (κ2) is 3.12. The predicted octanol–water partition coefficient (Wildman–Crippen LogP) is 1.89. The van der Waals surface area contributed by atoms with Gasteiger partial charge in [0.25, 0.3) is 5.69 Å². The first-order chi connectivity index (χ1) is 7.36. The Morgan fingerprint density at radius 1 is 1.20 bits per heavy atom. The molecule has 76 valence electrons. The van der Waals surface area contributed by atoms with Crippen molar-refractivity contribution < 1.29 is 14.1 Å². The van der Waals surface area contributed by atoms with E-state index in [-0.39, 0.29) is 5.95 Å². The topological polar surface area (TPSA) is 37.3 Å². The van der Waals surface area contributed by atoms with Crippen molar-refractivity contribution in [3.05, 3.63) is 36.0 Å². The number of benzene rings is 1. The molecule has 0 spiro atoms. The van der Waals surface area contributed by atoms with Crippen LogP contribution in [-0.4, -0.2) is 5.11 Å². The summed E-state index contributed by atoms with van der Waals surface area (Å²) >= 11 is 0. The maximum absolute atomic E-state index is 9.63. The van der Waals surface area contributed by atoms with Crippen LogP contribution in [0.4, 0.5) is 0 Å². The summed E-state index contributed by atoms with van der Waals surface area (Å²) in [7, 11) is 0. The molecule has 3 heteroatoms. The van der Waals surface area contributed by atoms with Gasteiger partial charge in [-0.25, -0.2) is 0 Å². The summed E-state index contributed by atoms with van der Waals surface area (Å²) in [4.78, 5) is 0. The van der Waals surface area contributed by atoms with Crippen LogP contribution in [0.15, 0.2) is 34.7 Å². The van der Waals surface area contributed by atoms with Gasteiger partial charge in [-0.2, -0.15) is 4.57 Å². The highest BCUT2D eigenvalue weighted by molar-refractivity contribution is 5.50. The predicted molar refractivity (Wildman–Crippen MR) is 54.3 cm³/mol. The molecule has 15 heavy (non-hydrogen) atoms. The van der Waals surface area contributed by atoms with Crippen molar-refractivity contribution in [3.63, 3.8) is 0 Å². The molecule has 1 N–H and O–H groups in total. The number of aromatic hydroxyl groups is 1. The number of fused-ring (bicyclic) bond motifs is 1. The second-order valence-corrected chi connectivity index (χ2v) is 3.78. The molecule has 0 saturated carbocycles. The minimum atomic E-state index is 0.0753. The molecule has 3 nitrogen and oxygen atoms in total. The fourth-order valence-electron chi connectivity index (χ4n) is 2.12. The van der Waals surface area contributed by atoms with E-state index in [0.29, 0.717) is 0 Å². The van der Waals surface area contributed by atoms with Crippen molar-refractivity contribution in [2.75, 3.05) is 0 Å². The molecule has 2 heterocycles. The molecule has 0 atom stereocenters. The molecule has 3 rings (SSSR count). The van der Waals surface area contributed by atoms with Crippen LogP contribution in [0.2, 0.25) is 0 Å². The van der Waals surface area contributed by atoms with Crippen LogP contribution in [0.5, 0.6) is 5.95 Å². The highest BCUT2D eigenvalue weighted by Crippen LogP contribution is 2.28. The van der Waals surface area contributed by atoms with E-state index in [1.807, 2.05) is 30.3 Å². The summed E-state index contributed by atoms with van der Waals surface area (Å²) in [5.41, 5.74) is 1.94. The first-order valence-corrected chi connectivity index (χ1v) is 5.16. The van der Waals surface area contributed by atoms with Gasteiger partial charge in [0.1, 0.15) is 0 Å². The smallest absolute Gasteiger partial charge is 0.383 e. The largest absolute Gasteiger partial charge is 0.476 e. The summed E-state index contributed by atoms with van der Waals surface area (Å²) in [6.07, 6.45) is 1.99. The fourth-order valence-corrected chi connectivity index (χ4v) is 2.12. The van der Waals surface area contributed by atoms with Gasteiger partial charge in [-0.15, -0.1) is 0 Å². The van der Waals surface area contributed by atoms with Gasteiger partial charge in [-0.1, -0.05) is 18.2 Å². The van der Waals surface area contributed by atoms with E-state index in [2.05, 4.69) is 4.57 Å². The van der Waals surface area contributed by atoms with Crippen molar-refractivity contribution in [2.24, 2.45) is 0 Å². The summed E-state index contributed by atoms with van der Waals surface area (Å²) < 4.78 is 7.45. The minimum Gasteiger partial charge on any atom is -0.476 e. The van der Waals surface area contributed by atoms with Crippen LogP contribution in [-0.2, 0) is 13.0 Å². The van der Waals surface area contributed by atoms with Crippen LogP contribution in [0.25, 0.3) is 11.5 Å². The fraction of sp³-hybridized carbons (Fsp3) is 0.250. The van der Waals surface area contributed by atoms with Gasteiger partial charge in [0.15, 0.2) is 6.54 Å². The molecule has 0 amide bonds. The Hall–Kier alpha value is -1.77. The lowest BCUT2D eigenvalue weighted by molar-refractivity contribution is -0.682. The number of aromatic nitrogens is 1. The SMILES string of the molecule is Oc1oc(-c2ccccc2)[n+]2c1CCC2. The molecule has 1 aliphatic heterocycles. The quantitative estimate of drug-likeness (QED) is 0.717. The Morgan fingerprint density at radius 2 is 2.00 bits per heavy atom. The lowest BCUT2D eigenvalue weighted by Gasteiger charge is -1.92. The van der Waals surface area contributed by atoms with E-state index >= 15 is 0 Å². The Balaban J connectivity index is 2.18. The third kappa shape index (κ3) is 1.23. The number of hydrogen-bond acceptors (Lipinski definition) is 2. The molecule has 1 aromatic heterocycles. The van der Waals surface area contributed by atoms with Gasteiger partial charge in [0.2, 0.25) is 0 Å². The zero-order chi connectivity index (χ0) is 10.3. The highest BCUT2D eigenvalue weighted by atomic mass is 16.5. The zero-order valence-corrected chi connectivity index (χ0v) is 8.31. The summed E-state index contributed by atoms with van der Waals surface area (Å²) in [5, 5.41) is 9.63. The molecular formula is C12H12NO2+. The van der Waals surface area contributed by atoms with E-state index in [1.165, 1.54) is 0 Å². The van der Waals surface area contributed by atoms with Gasteiger partial charge in [0.05, 0.1) is 5.56 Å². The molecule has 1 aliphatic rings. The van der Waals surface area contributed by atoms with Crippen molar-refractivity contribution >= 4 is 0 Å². The van der Waals surface area contributed by atoms with Gasteiger partial charge < -0.3 is 9.52 Å². The number of hydrogen-bond donors (Lipinski definition) is 1. The van der Waals surface area contributed by atoms with Crippen molar-refractivity contribution in [3.8, 4) is 17.4 Å². The summed E-state index contributed by atoms with van der Waals surface area (Å²) in [5.74, 6) is 0.840. The first kappa shape index (κ1) is 8.53. The van der Waals surface area contributed by atoms with Crippen LogP contribution in [0.3, 0.4) is 0 Å². The number of oxazole rings is 1. The highest BCUT2D eigenvalue weighted by Gasteiger charge is 2.33. The normalized spacial score (nSPS) is 14.1. The molecular weight excluding hydrogens is 190 g/mol. The van der Waals surface area contributed by atoms with Crippen molar-refractivity contribution in [1.29, 1.82) is 0 Å². The van der Waals surface area contributed by atoms with Crippen molar-refractivity contribution in [2.45, 2.75) is 19.4 Å². The van der Waals surface area contributed by atoms with Gasteiger partial charge in [-0.3, -0.25) is 0 Å². The lowest BCUT2D eigenvalue weighted by atomic mass is 10.2. The Kier molecular flexibility index (Phi) is 1.78.